The van der Waals surface area contributed by atoms with Gasteiger partial charge in [0.05, 0.1) is 30.3 Å². The number of carbonyl (C=O) groups excluding carboxylic acids is 3. The second kappa shape index (κ2) is 11.4. The number of rotatable bonds is 7. The zero-order valence-corrected chi connectivity index (χ0v) is 21.9. The first-order valence-corrected chi connectivity index (χ1v) is 12.3. The van der Waals surface area contributed by atoms with Gasteiger partial charge in [-0.2, -0.15) is 13.2 Å². The quantitative estimate of drug-likeness (QED) is 0.289. The summed E-state index contributed by atoms with van der Waals surface area (Å²) >= 11 is 11.5. The SMILES string of the molecule is COC(=O)c1ccc(NC(=O)CC2C(=O)N(c3cccc(C(F)(F)F)c3)C(=S)N2Cc2ccc(Cl)cc2)cc1. The van der Waals surface area contributed by atoms with Gasteiger partial charge in [0.25, 0.3) is 5.91 Å². The number of hydrogen-bond acceptors (Lipinski definition) is 5. The number of nitrogens with one attached hydrogen (secondary N) is 1. The highest BCUT2D eigenvalue weighted by Crippen LogP contribution is 2.34. The molecule has 1 atom stereocenters. The molecule has 4 rings (SSSR count). The summed E-state index contributed by atoms with van der Waals surface area (Å²) in [6.45, 7) is 0.114. The highest BCUT2D eigenvalue weighted by atomic mass is 35.5. The molecule has 0 radical (unpaired) electrons. The van der Waals surface area contributed by atoms with Crippen molar-refractivity contribution >= 4 is 58.1 Å². The van der Waals surface area contributed by atoms with E-state index >= 15 is 0 Å². The number of benzene rings is 3. The van der Waals surface area contributed by atoms with Crippen LogP contribution in [0.5, 0.6) is 0 Å². The van der Waals surface area contributed by atoms with Gasteiger partial charge in [0.15, 0.2) is 5.11 Å². The lowest BCUT2D eigenvalue weighted by atomic mass is 10.1. The second-order valence-electron chi connectivity index (χ2n) is 8.60. The van der Waals surface area contributed by atoms with E-state index in [0.29, 0.717) is 10.7 Å². The summed E-state index contributed by atoms with van der Waals surface area (Å²) in [6, 6.07) is 15.9. The fourth-order valence-corrected chi connectivity index (χ4v) is 4.57. The van der Waals surface area contributed by atoms with Gasteiger partial charge in [-0.15, -0.1) is 0 Å². The molecule has 0 saturated carbocycles. The standard InChI is InChI=1S/C27H21ClF3N3O4S/c1-38-25(37)17-7-11-20(12-8-17)32-23(35)14-22-24(36)34(21-4-2-3-18(13-21)27(29,30)31)26(39)33(22)15-16-5-9-19(28)10-6-16/h2-13,22H,14-15H2,1H3,(H,32,35). The van der Waals surface area contributed by atoms with Crippen LogP contribution in [0.2, 0.25) is 5.02 Å². The molecule has 2 amide bonds. The number of nitrogens with zero attached hydrogens (tertiary/aromatic N) is 2. The van der Waals surface area contributed by atoms with Crippen molar-refractivity contribution in [2.45, 2.75) is 25.2 Å². The van der Waals surface area contributed by atoms with E-state index in [0.717, 1.165) is 22.6 Å². The van der Waals surface area contributed by atoms with E-state index in [1.54, 1.807) is 24.3 Å². The van der Waals surface area contributed by atoms with Crippen LogP contribution in [0, 0.1) is 0 Å². The van der Waals surface area contributed by atoms with Crippen molar-refractivity contribution in [2.75, 3.05) is 17.3 Å². The lowest BCUT2D eigenvalue weighted by Gasteiger charge is -2.24. The van der Waals surface area contributed by atoms with Gasteiger partial charge in [-0.05, 0) is 72.4 Å². The van der Waals surface area contributed by atoms with Crippen LogP contribution in [0.4, 0.5) is 24.5 Å². The van der Waals surface area contributed by atoms with E-state index in [1.165, 1.54) is 48.4 Å². The zero-order valence-electron chi connectivity index (χ0n) is 20.4. The van der Waals surface area contributed by atoms with Crippen molar-refractivity contribution in [3.8, 4) is 0 Å². The van der Waals surface area contributed by atoms with Crippen LogP contribution in [-0.4, -0.2) is 40.9 Å². The zero-order chi connectivity index (χ0) is 28.3. The number of ether oxygens (including phenoxy) is 1. The predicted octanol–water partition coefficient (Wildman–Crippen LogP) is 5.68. The molecule has 3 aromatic carbocycles. The minimum atomic E-state index is -4.62. The first kappa shape index (κ1) is 28.1. The lowest BCUT2D eigenvalue weighted by Crippen LogP contribution is -2.37. The van der Waals surface area contributed by atoms with E-state index in [-0.39, 0.29) is 29.3 Å². The molecule has 7 nitrogen and oxygen atoms in total. The van der Waals surface area contributed by atoms with Crippen LogP contribution in [0.25, 0.3) is 0 Å². The van der Waals surface area contributed by atoms with Gasteiger partial charge in [-0.25, -0.2) is 4.79 Å². The van der Waals surface area contributed by atoms with Gasteiger partial charge in [0.1, 0.15) is 6.04 Å². The smallest absolute Gasteiger partial charge is 0.416 e. The molecule has 3 aromatic rings. The average molecular weight is 576 g/mol. The first-order valence-electron chi connectivity index (χ1n) is 11.5. The van der Waals surface area contributed by atoms with Crippen molar-refractivity contribution in [3.05, 3.63) is 94.5 Å². The molecule has 1 fully saturated rings. The Morgan fingerprint density at radius 2 is 1.72 bits per heavy atom. The molecule has 0 aliphatic carbocycles. The van der Waals surface area contributed by atoms with Gasteiger partial charge in [0, 0.05) is 17.3 Å². The third-order valence-electron chi connectivity index (χ3n) is 5.99. The number of amides is 2. The van der Waals surface area contributed by atoms with Crippen LogP contribution in [-0.2, 0) is 27.0 Å². The Morgan fingerprint density at radius 3 is 2.33 bits per heavy atom. The topological polar surface area (TPSA) is 78.9 Å². The normalized spacial score (nSPS) is 15.5. The maximum absolute atomic E-state index is 13.5. The molecular formula is C27H21ClF3N3O4S. The second-order valence-corrected chi connectivity index (χ2v) is 9.40. The Hall–Kier alpha value is -3.96. The Kier molecular flexibility index (Phi) is 8.22. The highest BCUT2D eigenvalue weighted by Gasteiger charge is 2.44. The summed E-state index contributed by atoms with van der Waals surface area (Å²) in [5.74, 6) is -1.70. The molecule has 202 valence electrons. The molecule has 0 aromatic heterocycles. The fraction of sp³-hybridized carbons (Fsp3) is 0.185. The van der Waals surface area contributed by atoms with Crippen molar-refractivity contribution in [3.63, 3.8) is 0 Å². The van der Waals surface area contributed by atoms with Crippen molar-refractivity contribution in [2.24, 2.45) is 0 Å². The minimum Gasteiger partial charge on any atom is -0.465 e. The molecule has 0 spiro atoms. The van der Waals surface area contributed by atoms with Crippen molar-refractivity contribution < 1.29 is 32.3 Å². The number of thiocarbonyl (C=S) groups is 1. The summed E-state index contributed by atoms with van der Waals surface area (Å²) in [6.07, 6.45) is -4.95. The van der Waals surface area contributed by atoms with Gasteiger partial charge in [-0.1, -0.05) is 29.8 Å². The average Bonchev–Trinajstić information content (AvgIpc) is 3.13. The molecule has 1 aliphatic rings. The molecule has 39 heavy (non-hydrogen) atoms. The minimum absolute atomic E-state index is 0.0329. The number of methoxy groups -OCH3 is 1. The Balaban J connectivity index is 1.60. The maximum Gasteiger partial charge on any atom is 0.416 e. The Bertz CT molecular complexity index is 1420. The van der Waals surface area contributed by atoms with Crippen LogP contribution in [0.1, 0.15) is 27.9 Å². The maximum atomic E-state index is 13.5. The third-order valence-corrected chi connectivity index (χ3v) is 6.65. The molecule has 1 heterocycles. The molecule has 1 N–H and O–H groups in total. The number of esters is 1. The molecule has 0 bridgehead atoms. The van der Waals surface area contributed by atoms with Gasteiger partial charge in [-0.3, -0.25) is 14.5 Å². The number of carbonyl (C=O) groups is 3. The highest BCUT2D eigenvalue weighted by molar-refractivity contribution is 7.80. The Morgan fingerprint density at radius 1 is 1.05 bits per heavy atom. The largest absolute Gasteiger partial charge is 0.465 e. The molecule has 1 unspecified atom stereocenters. The summed E-state index contributed by atoms with van der Waals surface area (Å²) in [4.78, 5) is 40.6. The lowest BCUT2D eigenvalue weighted by molar-refractivity contribution is -0.137. The third kappa shape index (κ3) is 6.37. The fourth-order valence-electron chi connectivity index (χ4n) is 4.05. The van der Waals surface area contributed by atoms with E-state index in [4.69, 9.17) is 23.8 Å². The van der Waals surface area contributed by atoms with E-state index < -0.39 is 35.6 Å². The van der Waals surface area contributed by atoms with E-state index in [1.807, 2.05) is 0 Å². The molecular weight excluding hydrogens is 555 g/mol. The molecule has 1 saturated heterocycles. The van der Waals surface area contributed by atoms with Crippen LogP contribution >= 0.6 is 23.8 Å². The number of halogens is 4. The van der Waals surface area contributed by atoms with Crippen LogP contribution in [0.3, 0.4) is 0 Å². The van der Waals surface area contributed by atoms with Crippen LogP contribution in [0.15, 0.2) is 72.8 Å². The number of anilines is 2. The van der Waals surface area contributed by atoms with E-state index in [2.05, 4.69) is 10.1 Å². The molecule has 1 aliphatic heterocycles. The summed E-state index contributed by atoms with van der Waals surface area (Å²) in [7, 11) is 1.25. The molecule has 12 heteroatoms. The summed E-state index contributed by atoms with van der Waals surface area (Å²) in [5, 5.41) is 3.13. The summed E-state index contributed by atoms with van der Waals surface area (Å²) in [5.41, 5.74) is 0.403. The van der Waals surface area contributed by atoms with Gasteiger partial charge in [0.2, 0.25) is 5.91 Å². The number of alkyl halides is 3. The first-order chi connectivity index (χ1) is 18.5. The summed E-state index contributed by atoms with van der Waals surface area (Å²) < 4.78 is 44.7. The van der Waals surface area contributed by atoms with Gasteiger partial charge >= 0.3 is 12.1 Å². The Labute approximate surface area is 232 Å². The van der Waals surface area contributed by atoms with Crippen molar-refractivity contribution in [1.82, 2.24) is 4.90 Å². The monoisotopic (exact) mass is 575 g/mol. The number of hydrogen-bond donors (Lipinski definition) is 1. The van der Waals surface area contributed by atoms with E-state index in [9.17, 15) is 27.6 Å². The van der Waals surface area contributed by atoms with Gasteiger partial charge < -0.3 is 15.0 Å². The van der Waals surface area contributed by atoms with Crippen molar-refractivity contribution in [1.29, 1.82) is 0 Å². The predicted molar refractivity (Wildman–Crippen MR) is 143 cm³/mol. The van der Waals surface area contributed by atoms with Crippen LogP contribution < -0.4 is 10.2 Å².